The molecular weight excluding hydrogens is 272 g/mol. The van der Waals surface area contributed by atoms with Crippen molar-refractivity contribution in [3.8, 4) is 22.3 Å². The van der Waals surface area contributed by atoms with Crippen LogP contribution in [0.5, 0.6) is 0 Å². The van der Waals surface area contributed by atoms with Crippen molar-refractivity contribution in [1.82, 2.24) is 9.97 Å². The zero-order chi connectivity index (χ0) is 15.5. The third-order valence-electron chi connectivity index (χ3n) is 3.93. The molecule has 1 N–H and O–H groups in total. The number of nitrogens with zero attached hydrogens (tertiary/aromatic N) is 1. The van der Waals surface area contributed by atoms with Gasteiger partial charge in [0.2, 0.25) is 5.56 Å². The Hall–Kier alpha value is -2.68. The van der Waals surface area contributed by atoms with Gasteiger partial charge in [0.1, 0.15) is 0 Å². The number of aromatic nitrogens is 2. The third kappa shape index (κ3) is 2.70. The first kappa shape index (κ1) is 14.3. The molecule has 0 fully saturated rings. The standard InChI is InChI=1S/C19H18N2O/c1-3-14-10-15(16-5-7-19(22)21-11-16)4-6-17(14)18-12-20-9-8-13(18)2/h4-12H,3H2,1-2H3,(H,21,22). The molecule has 3 nitrogen and oxygen atoms in total. The van der Waals surface area contributed by atoms with Gasteiger partial charge in [-0.2, -0.15) is 0 Å². The molecule has 2 aromatic heterocycles. The van der Waals surface area contributed by atoms with Crippen LogP contribution >= 0.6 is 0 Å². The van der Waals surface area contributed by atoms with Crippen molar-refractivity contribution >= 4 is 0 Å². The van der Waals surface area contributed by atoms with Gasteiger partial charge in [0, 0.05) is 30.2 Å². The van der Waals surface area contributed by atoms with E-state index in [0.29, 0.717) is 0 Å². The highest BCUT2D eigenvalue weighted by atomic mass is 16.1. The lowest BCUT2D eigenvalue weighted by atomic mass is 9.93. The van der Waals surface area contributed by atoms with Crippen molar-refractivity contribution in [1.29, 1.82) is 0 Å². The minimum Gasteiger partial charge on any atom is -0.328 e. The molecule has 22 heavy (non-hydrogen) atoms. The molecule has 0 unspecified atom stereocenters. The SMILES string of the molecule is CCc1cc(-c2ccc(=O)[nH]c2)ccc1-c1cnccc1C. The summed E-state index contributed by atoms with van der Waals surface area (Å²) in [4.78, 5) is 18.2. The molecule has 0 saturated carbocycles. The first-order valence-electron chi connectivity index (χ1n) is 7.42. The Bertz CT molecular complexity index is 845. The van der Waals surface area contributed by atoms with Gasteiger partial charge < -0.3 is 4.98 Å². The summed E-state index contributed by atoms with van der Waals surface area (Å²) in [6.07, 6.45) is 6.44. The molecule has 0 spiro atoms. The molecular formula is C19H18N2O. The van der Waals surface area contributed by atoms with Crippen LogP contribution in [0.1, 0.15) is 18.1 Å². The highest BCUT2D eigenvalue weighted by Gasteiger charge is 2.08. The number of aromatic amines is 1. The Labute approximate surface area is 129 Å². The number of pyridine rings is 2. The summed E-state index contributed by atoms with van der Waals surface area (Å²) in [5, 5.41) is 0. The molecule has 1 aromatic carbocycles. The first-order chi connectivity index (χ1) is 10.7. The fourth-order valence-corrected chi connectivity index (χ4v) is 2.66. The average Bonchev–Trinajstić information content (AvgIpc) is 2.55. The quantitative estimate of drug-likeness (QED) is 0.793. The van der Waals surface area contributed by atoms with Gasteiger partial charge in [-0.3, -0.25) is 9.78 Å². The van der Waals surface area contributed by atoms with Crippen molar-refractivity contribution in [3.05, 3.63) is 76.5 Å². The van der Waals surface area contributed by atoms with Crippen molar-refractivity contribution in [2.45, 2.75) is 20.3 Å². The highest BCUT2D eigenvalue weighted by Crippen LogP contribution is 2.30. The predicted octanol–water partition coefficient (Wildman–Crippen LogP) is 3.97. The van der Waals surface area contributed by atoms with Crippen molar-refractivity contribution in [3.63, 3.8) is 0 Å². The largest absolute Gasteiger partial charge is 0.328 e. The zero-order valence-electron chi connectivity index (χ0n) is 12.8. The second kappa shape index (κ2) is 5.98. The topological polar surface area (TPSA) is 45.8 Å². The highest BCUT2D eigenvalue weighted by molar-refractivity contribution is 5.74. The van der Waals surface area contributed by atoms with Crippen LogP contribution in [0.15, 0.2) is 59.8 Å². The van der Waals surface area contributed by atoms with Gasteiger partial charge in [0.05, 0.1) is 0 Å². The molecule has 0 radical (unpaired) electrons. The summed E-state index contributed by atoms with van der Waals surface area (Å²) in [5.74, 6) is 0. The van der Waals surface area contributed by atoms with Gasteiger partial charge in [-0.15, -0.1) is 0 Å². The van der Waals surface area contributed by atoms with E-state index in [9.17, 15) is 4.79 Å². The molecule has 3 aromatic rings. The Balaban J connectivity index is 2.10. The fraction of sp³-hybridized carbons (Fsp3) is 0.158. The number of hydrogen-bond acceptors (Lipinski definition) is 2. The third-order valence-corrected chi connectivity index (χ3v) is 3.93. The lowest BCUT2D eigenvalue weighted by Crippen LogP contribution is -2.01. The molecule has 2 heterocycles. The number of hydrogen-bond donors (Lipinski definition) is 1. The number of benzene rings is 1. The smallest absolute Gasteiger partial charge is 0.247 e. The molecule has 3 heteroatoms. The zero-order valence-corrected chi connectivity index (χ0v) is 12.8. The van der Waals surface area contributed by atoms with Crippen LogP contribution in [0.4, 0.5) is 0 Å². The number of aryl methyl sites for hydroxylation is 2. The minimum atomic E-state index is -0.0814. The van der Waals surface area contributed by atoms with Crippen LogP contribution in [-0.2, 0) is 6.42 Å². The van der Waals surface area contributed by atoms with Crippen LogP contribution in [0.2, 0.25) is 0 Å². The van der Waals surface area contributed by atoms with Gasteiger partial charge in [0.15, 0.2) is 0 Å². The van der Waals surface area contributed by atoms with Crippen LogP contribution in [-0.4, -0.2) is 9.97 Å². The number of nitrogens with one attached hydrogen (secondary N) is 1. The van der Waals surface area contributed by atoms with Crippen molar-refractivity contribution in [2.24, 2.45) is 0 Å². The lowest BCUT2D eigenvalue weighted by molar-refractivity contribution is 1.14. The van der Waals surface area contributed by atoms with E-state index in [0.717, 1.165) is 17.5 Å². The van der Waals surface area contributed by atoms with E-state index in [1.54, 1.807) is 12.3 Å². The molecule has 0 aliphatic heterocycles. The Morgan fingerprint density at radius 1 is 1.05 bits per heavy atom. The summed E-state index contributed by atoms with van der Waals surface area (Å²) in [5.41, 5.74) is 6.94. The van der Waals surface area contributed by atoms with E-state index in [1.165, 1.54) is 22.3 Å². The van der Waals surface area contributed by atoms with Crippen molar-refractivity contribution < 1.29 is 0 Å². The lowest BCUT2D eigenvalue weighted by Gasteiger charge is -2.12. The maximum absolute atomic E-state index is 11.2. The van der Waals surface area contributed by atoms with Crippen molar-refractivity contribution in [2.75, 3.05) is 0 Å². The summed E-state index contributed by atoms with van der Waals surface area (Å²) < 4.78 is 0. The van der Waals surface area contributed by atoms with E-state index >= 15 is 0 Å². The second-order valence-electron chi connectivity index (χ2n) is 5.36. The molecule has 0 aliphatic rings. The minimum absolute atomic E-state index is 0.0814. The summed E-state index contributed by atoms with van der Waals surface area (Å²) in [6, 6.07) is 11.9. The van der Waals surface area contributed by atoms with E-state index < -0.39 is 0 Å². The van der Waals surface area contributed by atoms with Gasteiger partial charge in [-0.25, -0.2) is 0 Å². The molecule has 0 amide bonds. The van der Waals surface area contributed by atoms with Crippen LogP contribution in [0.3, 0.4) is 0 Å². The molecule has 0 bridgehead atoms. The van der Waals surface area contributed by atoms with Gasteiger partial charge in [0.25, 0.3) is 0 Å². The molecule has 0 saturated heterocycles. The first-order valence-corrected chi connectivity index (χ1v) is 7.42. The summed E-state index contributed by atoms with van der Waals surface area (Å²) in [7, 11) is 0. The number of H-pyrrole nitrogens is 1. The van der Waals surface area contributed by atoms with Crippen LogP contribution in [0, 0.1) is 6.92 Å². The van der Waals surface area contributed by atoms with Gasteiger partial charge >= 0.3 is 0 Å². The maximum Gasteiger partial charge on any atom is 0.247 e. The second-order valence-corrected chi connectivity index (χ2v) is 5.36. The Kier molecular flexibility index (Phi) is 3.88. The van der Waals surface area contributed by atoms with Gasteiger partial charge in [-0.05, 0) is 53.3 Å². The molecule has 3 rings (SSSR count). The van der Waals surface area contributed by atoms with E-state index in [1.807, 2.05) is 24.5 Å². The Morgan fingerprint density at radius 2 is 1.86 bits per heavy atom. The average molecular weight is 290 g/mol. The normalized spacial score (nSPS) is 10.6. The monoisotopic (exact) mass is 290 g/mol. The van der Waals surface area contributed by atoms with Gasteiger partial charge in [-0.1, -0.05) is 25.1 Å². The molecule has 0 atom stereocenters. The van der Waals surface area contributed by atoms with E-state index in [4.69, 9.17) is 0 Å². The molecule has 0 aliphatic carbocycles. The predicted molar refractivity (Wildman–Crippen MR) is 89.8 cm³/mol. The van der Waals surface area contributed by atoms with E-state index in [2.05, 4.69) is 42.0 Å². The summed E-state index contributed by atoms with van der Waals surface area (Å²) in [6.45, 7) is 4.26. The maximum atomic E-state index is 11.2. The Morgan fingerprint density at radius 3 is 2.55 bits per heavy atom. The fourth-order valence-electron chi connectivity index (χ4n) is 2.66. The molecule has 110 valence electrons. The van der Waals surface area contributed by atoms with Crippen LogP contribution < -0.4 is 5.56 Å². The van der Waals surface area contributed by atoms with E-state index in [-0.39, 0.29) is 5.56 Å². The summed E-state index contributed by atoms with van der Waals surface area (Å²) >= 11 is 0. The number of rotatable bonds is 3. The van der Waals surface area contributed by atoms with Crippen LogP contribution in [0.25, 0.3) is 22.3 Å².